The van der Waals surface area contributed by atoms with Gasteiger partial charge < -0.3 is 14.2 Å². The highest BCUT2D eigenvalue weighted by atomic mass is 16.7. The zero-order chi connectivity index (χ0) is 14.7. The molecule has 6 atom stereocenters. The van der Waals surface area contributed by atoms with Gasteiger partial charge in [0.15, 0.2) is 6.29 Å². The van der Waals surface area contributed by atoms with Crippen LogP contribution < -0.4 is 0 Å². The molecular weight excluding hydrogens is 268 g/mol. The molecule has 4 fully saturated rings. The lowest BCUT2D eigenvalue weighted by Gasteiger charge is -2.58. The smallest absolute Gasteiger partial charge is 0.309 e. The summed E-state index contributed by atoms with van der Waals surface area (Å²) >= 11 is 0. The first-order valence-corrected chi connectivity index (χ1v) is 8.08. The van der Waals surface area contributed by atoms with Crippen molar-refractivity contribution in [3.63, 3.8) is 0 Å². The van der Waals surface area contributed by atoms with Gasteiger partial charge in [-0.25, -0.2) is 0 Å². The molecule has 6 unspecified atom stereocenters. The average molecular weight is 292 g/mol. The van der Waals surface area contributed by atoms with E-state index in [0.29, 0.717) is 17.4 Å². The van der Waals surface area contributed by atoms with Gasteiger partial charge in [0, 0.05) is 12.5 Å². The Hall–Kier alpha value is -0.870. The minimum atomic E-state index is -0.321. The normalized spacial score (nSPS) is 47.5. The van der Waals surface area contributed by atoms with Gasteiger partial charge >= 0.3 is 5.97 Å². The SMILES string of the molecule is C=CC(OC)OCCC12CC3CC4(C1)C(CC4OC3=O)C2. The number of fused-ring (bicyclic) bond motifs is 2. The molecule has 21 heavy (non-hydrogen) atoms. The predicted molar refractivity (Wildman–Crippen MR) is 76.4 cm³/mol. The van der Waals surface area contributed by atoms with E-state index in [4.69, 9.17) is 14.2 Å². The number of hydrogen-bond donors (Lipinski definition) is 0. The van der Waals surface area contributed by atoms with Crippen LogP contribution in [0.15, 0.2) is 12.7 Å². The highest BCUT2D eigenvalue weighted by molar-refractivity contribution is 5.74. The molecule has 4 aliphatic rings. The van der Waals surface area contributed by atoms with E-state index in [1.54, 1.807) is 13.2 Å². The number of carbonyl (C=O) groups excluding carboxylic acids is 1. The van der Waals surface area contributed by atoms with Crippen molar-refractivity contribution in [2.45, 2.75) is 50.9 Å². The van der Waals surface area contributed by atoms with Crippen molar-refractivity contribution >= 4 is 5.97 Å². The summed E-state index contributed by atoms with van der Waals surface area (Å²) in [5, 5.41) is 0. The number of hydrogen-bond acceptors (Lipinski definition) is 4. The van der Waals surface area contributed by atoms with Crippen molar-refractivity contribution < 1.29 is 19.0 Å². The summed E-state index contributed by atoms with van der Waals surface area (Å²) in [5.74, 6) is 0.970. The van der Waals surface area contributed by atoms with Gasteiger partial charge in [-0.05, 0) is 55.9 Å². The predicted octanol–water partition coefficient (Wildman–Crippen LogP) is 2.67. The Bertz CT molecular complexity index is 475. The second-order valence-corrected chi connectivity index (χ2v) is 7.54. The number of rotatable bonds is 6. The summed E-state index contributed by atoms with van der Waals surface area (Å²) in [5.41, 5.74) is 0.622. The fourth-order valence-electron chi connectivity index (χ4n) is 5.73. The summed E-state index contributed by atoms with van der Waals surface area (Å²) < 4.78 is 16.6. The van der Waals surface area contributed by atoms with Crippen LogP contribution in [0.2, 0.25) is 0 Å². The number of methoxy groups -OCH3 is 1. The standard InChI is InChI=1S/C17H24O4/c1-3-14(19-2)20-5-4-16-7-11-8-17(10-16)12(9-16)6-13(17)21-15(11)18/h3,11-14H,1,4-10H2,2H3. The fraction of sp³-hybridized carbons (Fsp3) is 0.824. The van der Waals surface area contributed by atoms with Crippen LogP contribution in [0.5, 0.6) is 0 Å². The molecule has 4 heteroatoms. The molecule has 0 amide bonds. The van der Waals surface area contributed by atoms with Crippen molar-refractivity contribution in [1.29, 1.82) is 0 Å². The topological polar surface area (TPSA) is 44.8 Å². The molecule has 3 saturated carbocycles. The van der Waals surface area contributed by atoms with Crippen LogP contribution in [-0.2, 0) is 19.0 Å². The van der Waals surface area contributed by atoms with Gasteiger partial charge in [-0.15, -0.1) is 0 Å². The largest absolute Gasteiger partial charge is 0.462 e. The molecule has 0 radical (unpaired) electrons. The average Bonchev–Trinajstić information content (AvgIpc) is 2.68. The molecule has 0 aromatic heterocycles. The summed E-state index contributed by atoms with van der Waals surface area (Å²) in [7, 11) is 1.63. The summed E-state index contributed by atoms with van der Waals surface area (Å²) in [6, 6.07) is 0. The first-order valence-electron chi connectivity index (χ1n) is 8.08. The highest BCUT2D eigenvalue weighted by Gasteiger charge is 2.71. The number of ether oxygens (including phenoxy) is 3. The van der Waals surface area contributed by atoms with Crippen molar-refractivity contribution in [3.05, 3.63) is 12.7 Å². The molecule has 1 heterocycles. The Kier molecular flexibility index (Phi) is 2.99. The molecule has 4 nitrogen and oxygen atoms in total. The third-order valence-corrected chi connectivity index (χ3v) is 6.57. The van der Waals surface area contributed by atoms with E-state index in [0.717, 1.165) is 31.6 Å². The molecule has 0 aromatic carbocycles. The molecule has 4 rings (SSSR count). The second kappa shape index (κ2) is 4.56. The quantitative estimate of drug-likeness (QED) is 0.429. The van der Waals surface area contributed by atoms with Crippen LogP contribution in [-0.4, -0.2) is 32.1 Å². The summed E-state index contributed by atoms with van der Waals surface area (Å²) in [6.07, 6.45) is 8.25. The Morgan fingerprint density at radius 1 is 1.48 bits per heavy atom. The highest BCUT2D eigenvalue weighted by Crippen LogP contribution is 2.74. The van der Waals surface area contributed by atoms with E-state index in [2.05, 4.69) is 6.58 Å². The Morgan fingerprint density at radius 2 is 2.33 bits per heavy atom. The van der Waals surface area contributed by atoms with Gasteiger partial charge in [-0.1, -0.05) is 6.58 Å². The van der Waals surface area contributed by atoms with E-state index in [-0.39, 0.29) is 24.3 Å². The van der Waals surface area contributed by atoms with E-state index in [1.807, 2.05) is 0 Å². The zero-order valence-electron chi connectivity index (χ0n) is 12.7. The zero-order valence-corrected chi connectivity index (χ0v) is 12.7. The van der Waals surface area contributed by atoms with E-state index >= 15 is 0 Å². The molecule has 1 saturated heterocycles. The van der Waals surface area contributed by atoms with Crippen LogP contribution >= 0.6 is 0 Å². The minimum Gasteiger partial charge on any atom is -0.462 e. The van der Waals surface area contributed by atoms with Crippen molar-refractivity contribution in [2.24, 2.45) is 22.7 Å². The van der Waals surface area contributed by atoms with Crippen molar-refractivity contribution in [3.8, 4) is 0 Å². The van der Waals surface area contributed by atoms with E-state index < -0.39 is 0 Å². The first-order chi connectivity index (χ1) is 10.1. The summed E-state index contributed by atoms with van der Waals surface area (Å²) in [6.45, 7) is 4.39. The molecule has 3 aliphatic carbocycles. The lowest BCUT2D eigenvalue weighted by molar-refractivity contribution is -0.214. The Balaban J connectivity index is 1.46. The summed E-state index contributed by atoms with van der Waals surface area (Å²) in [4.78, 5) is 12.1. The molecule has 116 valence electrons. The molecule has 0 aromatic rings. The third-order valence-electron chi connectivity index (χ3n) is 6.57. The van der Waals surface area contributed by atoms with Crippen molar-refractivity contribution in [1.82, 2.24) is 0 Å². The van der Waals surface area contributed by atoms with Gasteiger partial charge in [0.2, 0.25) is 0 Å². The van der Waals surface area contributed by atoms with Gasteiger partial charge in [0.05, 0.1) is 12.5 Å². The van der Waals surface area contributed by atoms with Crippen LogP contribution in [0.3, 0.4) is 0 Å². The third kappa shape index (κ3) is 1.85. The Morgan fingerprint density at radius 3 is 3.10 bits per heavy atom. The van der Waals surface area contributed by atoms with Gasteiger partial charge in [0.25, 0.3) is 0 Å². The van der Waals surface area contributed by atoms with E-state index in [9.17, 15) is 4.79 Å². The van der Waals surface area contributed by atoms with Gasteiger partial charge in [0.1, 0.15) is 6.10 Å². The number of carbonyl (C=O) groups is 1. The van der Waals surface area contributed by atoms with Crippen molar-refractivity contribution in [2.75, 3.05) is 13.7 Å². The maximum Gasteiger partial charge on any atom is 0.309 e. The lowest BCUT2D eigenvalue weighted by atomic mass is 9.52. The van der Waals surface area contributed by atoms with Gasteiger partial charge in [-0.2, -0.15) is 0 Å². The van der Waals surface area contributed by atoms with Crippen LogP contribution in [0.4, 0.5) is 0 Å². The molecule has 1 aliphatic heterocycles. The molecule has 1 spiro atoms. The fourth-order valence-corrected chi connectivity index (χ4v) is 5.73. The van der Waals surface area contributed by atoms with E-state index in [1.165, 1.54) is 12.8 Å². The maximum absolute atomic E-state index is 12.1. The minimum absolute atomic E-state index is 0.0572. The molecule has 0 N–H and O–H groups in total. The molecule has 3 bridgehead atoms. The lowest BCUT2D eigenvalue weighted by Crippen LogP contribution is -2.59. The van der Waals surface area contributed by atoms with Crippen LogP contribution in [0.1, 0.15) is 38.5 Å². The van der Waals surface area contributed by atoms with Gasteiger partial charge in [-0.3, -0.25) is 4.79 Å². The number of esters is 1. The first kappa shape index (κ1) is 13.8. The van der Waals surface area contributed by atoms with Crippen LogP contribution in [0, 0.1) is 22.7 Å². The monoisotopic (exact) mass is 292 g/mol. The molecular formula is C17H24O4. The second-order valence-electron chi connectivity index (χ2n) is 7.54. The Labute approximate surface area is 125 Å². The van der Waals surface area contributed by atoms with Crippen LogP contribution in [0.25, 0.3) is 0 Å². The maximum atomic E-state index is 12.1.